The number of hydrogen-bond donors (Lipinski definition) is 1. The first-order chi connectivity index (χ1) is 14.8. The van der Waals surface area contributed by atoms with Crippen molar-refractivity contribution in [1.29, 1.82) is 0 Å². The van der Waals surface area contributed by atoms with Gasteiger partial charge in [-0.3, -0.25) is 19.4 Å². The Kier molecular flexibility index (Phi) is 6.18. The molecule has 1 unspecified atom stereocenters. The van der Waals surface area contributed by atoms with Crippen LogP contribution in [0.15, 0.2) is 22.2 Å². The summed E-state index contributed by atoms with van der Waals surface area (Å²) in [5.41, 5.74) is 3.01. The zero-order chi connectivity index (χ0) is 22.7. The fourth-order valence-electron chi connectivity index (χ4n) is 3.23. The first kappa shape index (κ1) is 21.7. The van der Waals surface area contributed by atoms with Crippen LogP contribution in [0.4, 0.5) is 4.79 Å². The number of imide groups is 1. The average molecular weight is 431 g/mol. The summed E-state index contributed by atoms with van der Waals surface area (Å²) in [5.74, 6) is 0.698. The van der Waals surface area contributed by atoms with E-state index in [1.807, 2.05) is 0 Å². The van der Waals surface area contributed by atoms with Gasteiger partial charge in [-0.2, -0.15) is 5.10 Å². The number of amidine groups is 1. The number of nitrogens with one attached hydrogen (secondary N) is 1. The average Bonchev–Trinajstić information content (AvgIpc) is 3.18. The van der Waals surface area contributed by atoms with Crippen LogP contribution in [0.5, 0.6) is 17.2 Å². The Morgan fingerprint density at radius 1 is 1.16 bits per heavy atom. The Morgan fingerprint density at radius 3 is 2.39 bits per heavy atom. The first-order valence-electron chi connectivity index (χ1n) is 9.16. The second kappa shape index (κ2) is 8.81. The number of hydrogen-bond acceptors (Lipinski definition) is 8. The predicted molar refractivity (Wildman–Crippen MR) is 110 cm³/mol. The lowest BCUT2D eigenvalue weighted by molar-refractivity contribution is -0.519. The minimum atomic E-state index is -0.836. The van der Waals surface area contributed by atoms with Gasteiger partial charge in [-0.25, -0.2) is 14.8 Å². The van der Waals surface area contributed by atoms with Crippen LogP contribution < -0.4 is 19.6 Å². The number of likely N-dealkylation sites (N-methyl/N-ethyl adjacent to an activating group) is 2. The molecule has 12 nitrogen and oxygen atoms in total. The molecule has 0 aliphatic carbocycles. The number of nitrogens with zero attached hydrogens (tertiary/aromatic N) is 5. The van der Waals surface area contributed by atoms with Crippen molar-refractivity contribution in [2.24, 2.45) is 10.1 Å². The summed E-state index contributed by atoms with van der Waals surface area (Å²) in [6.45, 7) is -0.175. The highest BCUT2D eigenvalue weighted by Gasteiger charge is 2.50. The SMILES string of the molecule is COc1cc(/C=N/NC(=O)C[N+]2=CN=C3C2C(=O)N(C)C(=O)N3C)cc(OC)c1OC. The van der Waals surface area contributed by atoms with Gasteiger partial charge in [0, 0.05) is 19.7 Å². The molecule has 1 atom stereocenters. The molecule has 1 saturated heterocycles. The molecule has 1 aromatic rings. The van der Waals surface area contributed by atoms with Gasteiger partial charge in [-0.1, -0.05) is 0 Å². The van der Waals surface area contributed by atoms with E-state index < -0.39 is 23.9 Å². The normalized spacial score (nSPS) is 18.0. The topological polar surface area (TPSA) is 125 Å². The van der Waals surface area contributed by atoms with Gasteiger partial charge < -0.3 is 14.2 Å². The number of rotatable bonds is 7. The highest BCUT2D eigenvalue weighted by Crippen LogP contribution is 2.37. The van der Waals surface area contributed by atoms with Crippen molar-refractivity contribution in [3.8, 4) is 17.2 Å². The number of aliphatic imine (C=N–C) groups is 1. The van der Waals surface area contributed by atoms with Gasteiger partial charge in [0.05, 0.1) is 27.5 Å². The summed E-state index contributed by atoms with van der Waals surface area (Å²) >= 11 is 0. The van der Waals surface area contributed by atoms with E-state index >= 15 is 0 Å². The Morgan fingerprint density at radius 2 is 1.81 bits per heavy atom. The van der Waals surface area contributed by atoms with E-state index in [9.17, 15) is 14.4 Å². The number of amides is 4. The maximum absolute atomic E-state index is 12.5. The molecule has 0 saturated carbocycles. The summed E-state index contributed by atoms with van der Waals surface area (Å²) in [5, 5.41) is 3.94. The van der Waals surface area contributed by atoms with Crippen molar-refractivity contribution in [2.45, 2.75) is 6.04 Å². The van der Waals surface area contributed by atoms with Crippen molar-refractivity contribution in [1.82, 2.24) is 15.2 Å². The number of carbonyl (C=O) groups excluding carboxylic acids is 3. The van der Waals surface area contributed by atoms with Crippen LogP contribution in [0, 0.1) is 0 Å². The predicted octanol–water partition coefficient (Wildman–Crippen LogP) is -0.492. The zero-order valence-electron chi connectivity index (χ0n) is 17.8. The highest BCUT2D eigenvalue weighted by molar-refractivity contribution is 6.21. The Hall–Kier alpha value is -3.96. The third-order valence-electron chi connectivity index (χ3n) is 4.81. The van der Waals surface area contributed by atoms with Gasteiger partial charge in [0.2, 0.25) is 5.75 Å². The third kappa shape index (κ3) is 4.04. The lowest BCUT2D eigenvalue weighted by atomic mass is 10.1. The molecule has 1 N–H and O–H groups in total. The van der Waals surface area contributed by atoms with Crippen molar-refractivity contribution in [3.63, 3.8) is 0 Å². The second-order valence-electron chi connectivity index (χ2n) is 6.67. The van der Waals surface area contributed by atoms with Gasteiger partial charge in [0.1, 0.15) is 0 Å². The maximum Gasteiger partial charge on any atom is 0.333 e. The summed E-state index contributed by atoms with van der Waals surface area (Å²) in [6.07, 6.45) is 2.79. The van der Waals surface area contributed by atoms with Crippen molar-refractivity contribution in [2.75, 3.05) is 42.0 Å². The van der Waals surface area contributed by atoms with Gasteiger partial charge >= 0.3 is 6.03 Å². The molecule has 3 rings (SSSR count). The lowest BCUT2D eigenvalue weighted by Gasteiger charge is -2.30. The highest BCUT2D eigenvalue weighted by atomic mass is 16.5. The van der Waals surface area contributed by atoms with Crippen LogP contribution in [-0.2, 0) is 9.59 Å². The third-order valence-corrected chi connectivity index (χ3v) is 4.81. The molecule has 1 aromatic carbocycles. The van der Waals surface area contributed by atoms with Crippen LogP contribution >= 0.6 is 0 Å². The molecular weight excluding hydrogens is 408 g/mol. The van der Waals surface area contributed by atoms with Gasteiger partial charge in [-0.15, -0.1) is 0 Å². The fraction of sp³-hybridized carbons (Fsp3) is 0.368. The minimum Gasteiger partial charge on any atom is -0.493 e. The number of benzene rings is 1. The molecule has 12 heteroatoms. The number of methoxy groups -OCH3 is 3. The molecule has 164 valence electrons. The summed E-state index contributed by atoms with van der Waals surface area (Å²) in [4.78, 5) is 43.2. The summed E-state index contributed by atoms with van der Waals surface area (Å²) in [6, 6.07) is 2.04. The number of hydrazone groups is 1. The Labute approximate surface area is 178 Å². The summed E-state index contributed by atoms with van der Waals surface area (Å²) < 4.78 is 17.3. The zero-order valence-corrected chi connectivity index (χ0v) is 17.8. The van der Waals surface area contributed by atoms with Crippen LogP contribution in [0.2, 0.25) is 0 Å². The molecule has 2 aliphatic rings. The van der Waals surface area contributed by atoms with Crippen molar-refractivity contribution in [3.05, 3.63) is 17.7 Å². The number of ether oxygens (including phenoxy) is 3. The van der Waals surface area contributed by atoms with Crippen LogP contribution in [0.3, 0.4) is 0 Å². The maximum atomic E-state index is 12.5. The minimum absolute atomic E-state index is 0.175. The largest absolute Gasteiger partial charge is 0.493 e. The van der Waals surface area contributed by atoms with E-state index in [0.29, 0.717) is 22.8 Å². The molecule has 31 heavy (non-hydrogen) atoms. The number of carbonyl (C=O) groups is 3. The van der Waals surface area contributed by atoms with Crippen molar-refractivity contribution < 1.29 is 33.2 Å². The fourth-order valence-corrected chi connectivity index (χ4v) is 3.23. The van der Waals surface area contributed by atoms with E-state index in [0.717, 1.165) is 4.90 Å². The first-order valence-corrected chi connectivity index (χ1v) is 9.16. The Bertz CT molecular complexity index is 992. The molecule has 0 spiro atoms. The van der Waals surface area contributed by atoms with Gasteiger partial charge in [-0.05, 0) is 17.1 Å². The quantitative estimate of drug-likeness (QED) is 0.353. The molecule has 0 aromatic heterocycles. The van der Waals surface area contributed by atoms with E-state index in [4.69, 9.17) is 14.2 Å². The smallest absolute Gasteiger partial charge is 0.333 e. The molecule has 2 aliphatic heterocycles. The van der Waals surface area contributed by atoms with E-state index in [-0.39, 0.29) is 12.4 Å². The monoisotopic (exact) mass is 431 g/mol. The molecule has 1 fully saturated rings. The van der Waals surface area contributed by atoms with Gasteiger partial charge in [0.15, 0.2) is 18.0 Å². The number of urea groups is 1. The number of fused-ring (bicyclic) bond motifs is 1. The van der Waals surface area contributed by atoms with Crippen LogP contribution in [-0.4, -0.2) is 98.6 Å². The molecule has 2 heterocycles. The second-order valence-corrected chi connectivity index (χ2v) is 6.67. The lowest BCUT2D eigenvalue weighted by Crippen LogP contribution is -2.61. The Balaban J connectivity index is 1.66. The molecule has 0 bridgehead atoms. The van der Waals surface area contributed by atoms with Crippen LogP contribution in [0.25, 0.3) is 0 Å². The van der Waals surface area contributed by atoms with Crippen LogP contribution in [0.1, 0.15) is 5.56 Å². The molecule has 0 radical (unpaired) electrons. The van der Waals surface area contributed by atoms with E-state index in [1.165, 1.54) is 57.5 Å². The standard InChI is InChI=1S/C19H22N6O6/c1-23-17-15(18(27)24(2)19(23)28)25(10-20-17)9-14(26)22-21-8-11-6-12(29-3)16(31-5)13(7-11)30-4/h6-8,10,15H,9H2,1-5H3/p+1/b21-8+. The van der Waals surface area contributed by atoms with E-state index in [2.05, 4.69) is 15.5 Å². The van der Waals surface area contributed by atoms with Gasteiger partial charge in [0.25, 0.3) is 30.0 Å². The van der Waals surface area contributed by atoms with E-state index in [1.54, 1.807) is 12.1 Å². The summed E-state index contributed by atoms with van der Waals surface area (Å²) in [7, 11) is 7.41. The molecular formula is C19H23N6O6+. The molecule has 4 amide bonds. The van der Waals surface area contributed by atoms with Crippen molar-refractivity contribution >= 4 is 36.2 Å².